The van der Waals surface area contributed by atoms with Crippen LogP contribution in [0.3, 0.4) is 0 Å². The first-order valence-electron chi connectivity index (χ1n) is 11.1. The van der Waals surface area contributed by atoms with Gasteiger partial charge < -0.3 is 14.2 Å². The molecular formula is C25H28N4O2S. The van der Waals surface area contributed by atoms with Gasteiger partial charge in [-0.3, -0.25) is 4.79 Å². The summed E-state index contributed by atoms with van der Waals surface area (Å²) >= 11 is 1.68. The van der Waals surface area contributed by atoms with Crippen molar-refractivity contribution in [1.29, 1.82) is 0 Å². The topological polar surface area (TPSA) is 60.2 Å². The summed E-state index contributed by atoms with van der Waals surface area (Å²) in [6.07, 6.45) is 3.73. The van der Waals surface area contributed by atoms with Crippen molar-refractivity contribution in [2.24, 2.45) is 7.05 Å². The number of amides is 1. The van der Waals surface area contributed by atoms with Gasteiger partial charge in [-0.05, 0) is 48.9 Å². The third kappa shape index (κ3) is 3.79. The molecule has 7 heteroatoms. The summed E-state index contributed by atoms with van der Waals surface area (Å²) in [6, 6.07) is 18.3. The van der Waals surface area contributed by atoms with E-state index in [4.69, 9.17) is 4.74 Å². The minimum atomic E-state index is -0.391. The zero-order valence-corrected chi connectivity index (χ0v) is 19.3. The van der Waals surface area contributed by atoms with Gasteiger partial charge in [-0.15, -0.1) is 10.2 Å². The van der Waals surface area contributed by atoms with Crippen molar-refractivity contribution < 1.29 is 9.53 Å². The minimum absolute atomic E-state index is 0.0122. The van der Waals surface area contributed by atoms with Gasteiger partial charge in [0.05, 0.1) is 18.6 Å². The van der Waals surface area contributed by atoms with Crippen molar-refractivity contribution in [2.75, 3.05) is 13.7 Å². The predicted molar refractivity (Wildman–Crippen MR) is 125 cm³/mol. The van der Waals surface area contributed by atoms with Crippen LogP contribution in [0.5, 0.6) is 5.75 Å². The van der Waals surface area contributed by atoms with Gasteiger partial charge in [-0.25, -0.2) is 0 Å². The molecule has 166 valence electrons. The third-order valence-corrected chi connectivity index (χ3v) is 7.78. The number of likely N-dealkylation sites (tertiary alicyclic amines) is 1. The Morgan fingerprint density at radius 1 is 1.12 bits per heavy atom. The largest absolute Gasteiger partial charge is 0.497 e. The summed E-state index contributed by atoms with van der Waals surface area (Å²) in [5, 5.41) is 9.86. The van der Waals surface area contributed by atoms with Crippen LogP contribution >= 0.6 is 11.8 Å². The molecule has 1 aliphatic carbocycles. The van der Waals surface area contributed by atoms with E-state index in [0.717, 1.165) is 60.3 Å². The summed E-state index contributed by atoms with van der Waals surface area (Å²) in [4.78, 5) is 15.8. The summed E-state index contributed by atoms with van der Waals surface area (Å²) in [5.74, 6) is 2.78. The van der Waals surface area contributed by atoms with Crippen molar-refractivity contribution in [3.63, 3.8) is 0 Å². The van der Waals surface area contributed by atoms with Crippen LogP contribution in [0.1, 0.15) is 48.7 Å². The van der Waals surface area contributed by atoms with E-state index in [9.17, 15) is 4.79 Å². The molecule has 0 spiro atoms. The Morgan fingerprint density at radius 3 is 2.56 bits per heavy atom. The first kappa shape index (κ1) is 21.1. The number of carbonyl (C=O) groups is 1. The highest BCUT2D eigenvalue weighted by Gasteiger charge is 2.54. The summed E-state index contributed by atoms with van der Waals surface area (Å²) < 4.78 is 7.35. The molecule has 0 radical (unpaired) electrons. The zero-order chi connectivity index (χ0) is 22.1. The number of ether oxygens (including phenoxy) is 1. The second kappa shape index (κ2) is 8.62. The van der Waals surface area contributed by atoms with Gasteiger partial charge >= 0.3 is 0 Å². The van der Waals surface area contributed by atoms with E-state index in [2.05, 4.69) is 39.0 Å². The molecule has 0 bridgehead atoms. The van der Waals surface area contributed by atoms with Gasteiger partial charge in [0.2, 0.25) is 5.91 Å². The van der Waals surface area contributed by atoms with Crippen LogP contribution in [0.15, 0.2) is 59.8 Å². The second-order valence-corrected chi connectivity index (χ2v) is 9.58. The third-order valence-electron chi connectivity index (χ3n) is 6.69. The number of nitrogens with zero attached hydrogens (tertiary/aromatic N) is 4. The maximum Gasteiger partial charge on any atom is 0.233 e. The van der Waals surface area contributed by atoms with E-state index in [-0.39, 0.29) is 11.9 Å². The molecule has 5 rings (SSSR count). The van der Waals surface area contributed by atoms with Crippen LogP contribution < -0.4 is 4.74 Å². The van der Waals surface area contributed by atoms with Crippen molar-refractivity contribution in [3.8, 4) is 5.75 Å². The highest BCUT2D eigenvalue weighted by atomic mass is 32.2. The number of carbonyl (C=O) groups excluding carboxylic acids is 1. The summed E-state index contributed by atoms with van der Waals surface area (Å²) in [5.41, 5.74) is 1.96. The van der Waals surface area contributed by atoms with Crippen LogP contribution in [0.4, 0.5) is 0 Å². The fraction of sp³-hybridized carbons (Fsp3) is 0.400. The lowest BCUT2D eigenvalue weighted by Gasteiger charge is -2.28. The van der Waals surface area contributed by atoms with Crippen molar-refractivity contribution in [2.45, 2.75) is 48.0 Å². The maximum absolute atomic E-state index is 13.7. The average molecular weight is 449 g/mol. The van der Waals surface area contributed by atoms with Gasteiger partial charge in [0.25, 0.3) is 0 Å². The highest BCUT2D eigenvalue weighted by Crippen LogP contribution is 2.51. The Labute approximate surface area is 193 Å². The molecule has 1 aliphatic heterocycles. The molecule has 0 N–H and O–H groups in total. The van der Waals surface area contributed by atoms with Crippen molar-refractivity contribution in [1.82, 2.24) is 19.7 Å². The quantitative estimate of drug-likeness (QED) is 0.498. The number of thioether (sulfide) groups is 1. The van der Waals surface area contributed by atoms with Crippen molar-refractivity contribution in [3.05, 3.63) is 71.5 Å². The molecule has 32 heavy (non-hydrogen) atoms. The van der Waals surface area contributed by atoms with Crippen LogP contribution in [0.25, 0.3) is 0 Å². The van der Waals surface area contributed by atoms with Crippen LogP contribution in [0.2, 0.25) is 0 Å². The molecule has 6 nitrogen and oxygen atoms in total. The Kier molecular flexibility index (Phi) is 5.67. The van der Waals surface area contributed by atoms with Crippen LogP contribution in [-0.4, -0.2) is 39.2 Å². The van der Waals surface area contributed by atoms with E-state index < -0.39 is 5.41 Å². The van der Waals surface area contributed by atoms with E-state index in [0.29, 0.717) is 0 Å². The number of aromatic nitrogens is 3. The fourth-order valence-corrected chi connectivity index (χ4v) is 5.55. The van der Waals surface area contributed by atoms with Crippen molar-refractivity contribution >= 4 is 17.7 Å². The second-order valence-electron chi connectivity index (χ2n) is 8.64. The first-order valence-corrected chi connectivity index (χ1v) is 12.1. The molecule has 1 atom stereocenters. The lowest BCUT2D eigenvalue weighted by atomic mass is 9.94. The van der Waals surface area contributed by atoms with E-state index >= 15 is 0 Å². The normalized spacial score (nSPS) is 19.2. The maximum atomic E-state index is 13.7. The number of hydrogen-bond donors (Lipinski definition) is 0. The first-order chi connectivity index (χ1) is 15.6. The van der Waals surface area contributed by atoms with Crippen LogP contribution in [0, 0.1) is 0 Å². The number of rotatable bonds is 7. The highest BCUT2D eigenvalue weighted by molar-refractivity contribution is 7.98. The van der Waals surface area contributed by atoms with Gasteiger partial charge in [0.15, 0.2) is 11.0 Å². The zero-order valence-electron chi connectivity index (χ0n) is 18.5. The summed E-state index contributed by atoms with van der Waals surface area (Å²) in [6.45, 7) is 0.779. The van der Waals surface area contributed by atoms with E-state index in [1.165, 1.54) is 5.56 Å². The van der Waals surface area contributed by atoms with E-state index in [1.54, 1.807) is 18.9 Å². The molecular weight excluding hydrogens is 420 g/mol. The molecule has 1 amide bonds. The number of benzene rings is 2. The Bertz CT molecular complexity index is 1090. The molecule has 1 saturated heterocycles. The lowest BCUT2D eigenvalue weighted by molar-refractivity contribution is -0.135. The number of methoxy groups -OCH3 is 1. The molecule has 2 aliphatic rings. The molecule has 0 unspecified atom stereocenters. The molecule has 2 fully saturated rings. The fourth-order valence-electron chi connectivity index (χ4n) is 4.68. The summed E-state index contributed by atoms with van der Waals surface area (Å²) in [7, 11) is 3.68. The molecule has 2 aromatic carbocycles. The minimum Gasteiger partial charge on any atom is -0.497 e. The Morgan fingerprint density at radius 2 is 1.88 bits per heavy atom. The molecule has 3 aromatic rings. The van der Waals surface area contributed by atoms with Gasteiger partial charge in [-0.2, -0.15) is 0 Å². The monoisotopic (exact) mass is 448 g/mol. The Hall–Kier alpha value is -2.80. The molecule has 1 saturated carbocycles. The van der Waals surface area contributed by atoms with E-state index in [1.807, 2.05) is 42.3 Å². The standard InChI is InChI=1S/C25H28N4O2S/c1-28-22(26-27-24(28)32-17-18-7-4-3-5-8-18)21-9-6-16-29(21)23(30)25(14-15-25)19-10-12-20(31-2)13-11-19/h3-5,7-8,10-13,21H,6,9,14-17H2,1-2H3/t21-/m1/s1. The van der Waals surface area contributed by atoms with Gasteiger partial charge in [0, 0.05) is 19.3 Å². The smallest absolute Gasteiger partial charge is 0.233 e. The number of hydrogen-bond acceptors (Lipinski definition) is 5. The van der Waals surface area contributed by atoms with Gasteiger partial charge in [-0.1, -0.05) is 54.2 Å². The van der Waals surface area contributed by atoms with Crippen LogP contribution in [-0.2, 0) is 23.0 Å². The SMILES string of the molecule is COc1ccc(C2(C(=O)N3CCC[C@@H]3c3nnc(SCc4ccccc4)n3C)CC2)cc1. The predicted octanol–water partition coefficient (Wildman–Crippen LogP) is 4.51. The Balaban J connectivity index is 1.33. The molecule has 1 aromatic heterocycles. The lowest BCUT2D eigenvalue weighted by Crippen LogP contribution is -2.39. The molecule has 2 heterocycles. The average Bonchev–Trinajstić information content (AvgIpc) is 3.37. The van der Waals surface area contributed by atoms with Gasteiger partial charge in [0.1, 0.15) is 5.75 Å².